The van der Waals surface area contributed by atoms with E-state index in [-0.39, 0.29) is 24.8 Å². The third-order valence-corrected chi connectivity index (χ3v) is 8.06. The second kappa shape index (κ2) is 20.4. The fourth-order valence-corrected chi connectivity index (χ4v) is 5.10. The Morgan fingerprint density at radius 2 is 1.38 bits per heavy atom. The van der Waals surface area contributed by atoms with Crippen molar-refractivity contribution in [3.05, 3.63) is 0 Å². The number of nitrogens with one attached hydrogen (secondary N) is 5. The predicted octanol–water partition coefficient (Wildman–Crippen LogP) is 0.0637. The molecule has 0 radical (unpaired) electrons. The lowest BCUT2D eigenvalue weighted by molar-refractivity contribution is -0.145. The van der Waals surface area contributed by atoms with Crippen LogP contribution >= 0.6 is 11.8 Å². The lowest BCUT2D eigenvalue weighted by Crippen LogP contribution is -2.58. The van der Waals surface area contributed by atoms with Crippen molar-refractivity contribution >= 4 is 59.5 Å². The molecule has 18 nitrogen and oxygen atoms in total. The Labute approximate surface area is 286 Å². The standard InChI is InChI=1S/C29H53N9O9S/c1-12-13-20(39)36(9)24(48-15-14-31-17(2)3)23(42)35(8)19(16-29(5,6)47)21(40)33-27(45)38(11)28(46)34-25(43)32-18(4)22(41)37(10)26(44)30-7/h17-19,24,31,47H,12-16H2,1-11H3,(H,30,44)(H,33,40,45)(H2,32,34,43,46)/t18-,19-,24+/m0/s1. The van der Waals surface area contributed by atoms with Gasteiger partial charge in [0.15, 0.2) is 5.37 Å². The first-order valence-electron chi connectivity index (χ1n) is 15.4. The van der Waals surface area contributed by atoms with Gasteiger partial charge in [-0.3, -0.25) is 34.7 Å². The third-order valence-electron chi connectivity index (χ3n) is 6.79. The molecule has 0 aliphatic carbocycles. The molecule has 0 saturated carbocycles. The quantitative estimate of drug-likeness (QED) is 0.0987. The third kappa shape index (κ3) is 14.8. The van der Waals surface area contributed by atoms with E-state index in [1.807, 2.05) is 31.4 Å². The summed E-state index contributed by atoms with van der Waals surface area (Å²) < 4.78 is 0. The number of imide groups is 4. The molecule has 0 aromatic rings. The van der Waals surface area contributed by atoms with Crippen molar-refractivity contribution in [2.24, 2.45) is 0 Å². The lowest BCUT2D eigenvalue weighted by Gasteiger charge is -2.36. The average molecular weight is 704 g/mol. The number of nitrogens with zero attached hydrogens (tertiary/aromatic N) is 4. The molecule has 0 fully saturated rings. The maximum absolute atomic E-state index is 13.8. The number of hydrogen-bond acceptors (Lipinski definition) is 11. The van der Waals surface area contributed by atoms with Gasteiger partial charge in [0.2, 0.25) is 5.91 Å². The van der Waals surface area contributed by atoms with E-state index in [0.717, 1.165) is 16.8 Å². The minimum Gasteiger partial charge on any atom is -0.390 e. The van der Waals surface area contributed by atoms with Gasteiger partial charge in [0.1, 0.15) is 12.1 Å². The molecule has 0 aromatic carbocycles. The number of hydrogen-bond donors (Lipinski definition) is 6. The number of carbonyl (C=O) groups excluding carboxylic acids is 8. The number of amides is 12. The van der Waals surface area contributed by atoms with Gasteiger partial charge in [0.25, 0.3) is 17.7 Å². The van der Waals surface area contributed by atoms with Crippen LogP contribution in [0, 0.1) is 0 Å². The Morgan fingerprint density at radius 1 is 0.812 bits per heavy atom. The minimum absolute atomic E-state index is 0.198. The van der Waals surface area contributed by atoms with Crippen molar-refractivity contribution in [1.29, 1.82) is 0 Å². The molecule has 0 saturated heterocycles. The van der Waals surface area contributed by atoms with Crippen LogP contribution in [0.5, 0.6) is 0 Å². The number of rotatable bonds is 15. The topological polar surface area (TPSA) is 230 Å². The van der Waals surface area contributed by atoms with Crippen LogP contribution in [0.3, 0.4) is 0 Å². The van der Waals surface area contributed by atoms with Gasteiger partial charge in [-0.05, 0) is 27.2 Å². The fraction of sp³-hybridized carbons (Fsp3) is 0.724. The van der Waals surface area contributed by atoms with Crippen LogP contribution in [0.15, 0.2) is 0 Å². The highest BCUT2D eigenvalue weighted by molar-refractivity contribution is 8.00. The molecule has 0 aromatic heterocycles. The van der Waals surface area contributed by atoms with Crippen LogP contribution in [0.1, 0.15) is 60.8 Å². The summed E-state index contributed by atoms with van der Waals surface area (Å²) in [5.74, 6) is -2.27. The largest absolute Gasteiger partial charge is 0.390 e. The van der Waals surface area contributed by atoms with E-state index in [1.54, 1.807) is 0 Å². The Kier molecular flexibility index (Phi) is 18.7. The Balaban J connectivity index is 5.83. The molecule has 3 atom stereocenters. The summed E-state index contributed by atoms with van der Waals surface area (Å²) in [5.41, 5.74) is -1.49. The molecular weight excluding hydrogens is 650 g/mol. The first kappa shape index (κ1) is 44.0. The maximum Gasteiger partial charge on any atom is 0.333 e. The van der Waals surface area contributed by atoms with Crippen molar-refractivity contribution < 1.29 is 43.5 Å². The van der Waals surface area contributed by atoms with Crippen LogP contribution in [0.4, 0.5) is 19.2 Å². The number of carbonyl (C=O) groups is 8. The van der Waals surface area contributed by atoms with E-state index in [4.69, 9.17) is 0 Å². The summed E-state index contributed by atoms with van der Waals surface area (Å²) in [6, 6.07) is -6.90. The average Bonchev–Trinajstić information content (AvgIpc) is 3.00. The van der Waals surface area contributed by atoms with Crippen molar-refractivity contribution in [2.45, 2.75) is 89.9 Å². The van der Waals surface area contributed by atoms with Gasteiger partial charge < -0.3 is 30.9 Å². The molecule has 12 amide bonds. The highest BCUT2D eigenvalue weighted by Crippen LogP contribution is 2.22. The summed E-state index contributed by atoms with van der Waals surface area (Å²) >= 11 is 1.20. The second-order valence-electron chi connectivity index (χ2n) is 12.0. The Bertz CT molecular complexity index is 1180. The van der Waals surface area contributed by atoms with Gasteiger partial charge in [-0.15, -0.1) is 11.8 Å². The molecule has 0 heterocycles. The number of thioether (sulfide) groups is 1. The van der Waals surface area contributed by atoms with Gasteiger partial charge in [-0.1, -0.05) is 20.8 Å². The van der Waals surface area contributed by atoms with E-state index in [2.05, 4.69) is 16.0 Å². The summed E-state index contributed by atoms with van der Waals surface area (Å²) in [5, 5.41) is 21.0. The van der Waals surface area contributed by atoms with Crippen LogP contribution < -0.4 is 26.6 Å². The zero-order valence-electron chi connectivity index (χ0n) is 29.8. The van der Waals surface area contributed by atoms with E-state index in [9.17, 15) is 43.5 Å². The van der Waals surface area contributed by atoms with Crippen LogP contribution in [-0.4, -0.2) is 149 Å². The van der Waals surface area contributed by atoms with Crippen LogP contribution in [-0.2, 0) is 19.2 Å². The number of aliphatic hydroxyl groups is 1. The smallest absolute Gasteiger partial charge is 0.333 e. The van der Waals surface area contributed by atoms with Gasteiger partial charge in [0.05, 0.1) is 5.60 Å². The van der Waals surface area contributed by atoms with Crippen molar-refractivity contribution in [2.75, 3.05) is 47.5 Å². The zero-order valence-corrected chi connectivity index (χ0v) is 30.6. The van der Waals surface area contributed by atoms with Gasteiger partial charge in [-0.2, -0.15) is 0 Å². The molecule has 0 bridgehead atoms. The lowest BCUT2D eigenvalue weighted by atomic mass is 9.97. The number of urea groups is 4. The number of likely N-dealkylation sites (N-methyl/N-ethyl adjacent to an activating group) is 3. The molecule has 19 heteroatoms. The molecular formula is C29H53N9O9S. The van der Waals surface area contributed by atoms with Crippen molar-refractivity contribution in [1.82, 2.24) is 46.2 Å². The normalized spacial score (nSPS) is 12.9. The highest BCUT2D eigenvalue weighted by Gasteiger charge is 2.38. The van der Waals surface area contributed by atoms with Crippen molar-refractivity contribution in [3.8, 4) is 0 Å². The molecule has 0 aliphatic rings. The predicted molar refractivity (Wildman–Crippen MR) is 180 cm³/mol. The summed E-state index contributed by atoms with van der Waals surface area (Å²) in [7, 11) is 6.26. The van der Waals surface area contributed by atoms with Crippen LogP contribution in [0.25, 0.3) is 0 Å². The van der Waals surface area contributed by atoms with Gasteiger partial charge in [-0.25, -0.2) is 24.1 Å². The van der Waals surface area contributed by atoms with E-state index >= 15 is 0 Å². The Hall–Kier alpha value is -3.97. The fourth-order valence-electron chi connectivity index (χ4n) is 3.99. The first-order valence-corrected chi connectivity index (χ1v) is 16.4. The molecule has 0 rings (SSSR count). The zero-order chi connectivity index (χ0) is 37.5. The molecule has 48 heavy (non-hydrogen) atoms. The van der Waals surface area contributed by atoms with E-state index < -0.39 is 64.9 Å². The van der Waals surface area contributed by atoms with Crippen LogP contribution in [0.2, 0.25) is 0 Å². The molecule has 6 N–H and O–H groups in total. The SMILES string of the molecule is CCCC(=O)N(C)[C@H](SCCNC(C)C)C(=O)N(C)[C@@H](CC(C)(C)O)C(=O)NC(=O)N(C)C(=O)NC(=O)N[C@@H](C)C(=O)N(C)C(=O)NC. The maximum atomic E-state index is 13.8. The van der Waals surface area contributed by atoms with E-state index in [1.165, 1.54) is 65.6 Å². The molecule has 0 unspecified atom stereocenters. The molecule has 274 valence electrons. The summed E-state index contributed by atoms with van der Waals surface area (Å²) in [6.45, 7) is 10.4. The summed E-state index contributed by atoms with van der Waals surface area (Å²) in [4.78, 5) is 105. The van der Waals surface area contributed by atoms with Crippen molar-refractivity contribution in [3.63, 3.8) is 0 Å². The van der Waals surface area contributed by atoms with E-state index in [0.29, 0.717) is 23.6 Å². The van der Waals surface area contributed by atoms with Gasteiger partial charge >= 0.3 is 24.1 Å². The molecule has 0 aliphatic heterocycles. The second-order valence-corrected chi connectivity index (χ2v) is 13.2. The summed E-state index contributed by atoms with van der Waals surface area (Å²) in [6.07, 6.45) is 0.438. The van der Waals surface area contributed by atoms with Gasteiger partial charge in [0, 0.05) is 66.4 Å². The monoisotopic (exact) mass is 703 g/mol. The first-order chi connectivity index (χ1) is 22.1. The highest BCUT2D eigenvalue weighted by atomic mass is 32.2. The molecule has 0 spiro atoms. The minimum atomic E-state index is -1.49. The Morgan fingerprint density at radius 3 is 1.88 bits per heavy atom.